The fourth-order valence-corrected chi connectivity index (χ4v) is 1.44. The van der Waals surface area contributed by atoms with Gasteiger partial charge in [-0.3, -0.25) is 0 Å². The van der Waals surface area contributed by atoms with E-state index >= 15 is 0 Å². The first-order valence-corrected chi connectivity index (χ1v) is 4.92. The van der Waals surface area contributed by atoms with Crippen LogP contribution in [0.4, 0.5) is 0 Å². The van der Waals surface area contributed by atoms with Gasteiger partial charge in [0.2, 0.25) is 0 Å². The summed E-state index contributed by atoms with van der Waals surface area (Å²) in [5.41, 5.74) is 2.39. The molecule has 0 unspecified atom stereocenters. The summed E-state index contributed by atoms with van der Waals surface area (Å²) in [5, 5.41) is 0. The summed E-state index contributed by atoms with van der Waals surface area (Å²) in [6.45, 7) is 0. The molecule has 0 heterocycles. The summed E-state index contributed by atoms with van der Waals surface area (Å²) in [6.07, 6.45) is 2.14. The maximum atomic E-state index is 5.11. The van der Waals surface area contributed by atoms with E-state index in [9.17, 15) is 0 Å². The fourth-order valence-electron chi connectivity index (χ4n) is 1.44. The standard InChI is InChI=1S/C14H13O.K/c1-15-14-9-7-13(8-10-14)11-12-5-3-2-4-6-12;/h2-11H,1H3;/q-1;+1. The molecule has 16 heavy (non-hydrogen) atoms. The Labute approximate surface area is 139 Å². The molecule has 0 spiro atoms. The Morgan fingerprint density at radius 2 is 1.38 bits per heavy atom. The van der Waals surface area contributed by atoms with Gasteiger partial charge in [0.15, 0.2) is 0 Å². The zero-order valence-corrected chi connectivity index (χ0v) is 12.8. The van der Waals surface area contributed by atoms with Crippen LogP contribution in [0, 0.1) is 6.42 Å². The van der Waals surface area contributed by atoms with Gasteiger partial charge >= 0.3 is 51.4 Å². The maximum Gasteiger partial charge on any atom is 1.00 e. The second kappa shape index (κ2) is 7.15. The molecule has 76 valence electrons. The van der Waals surface area contributed by atoms with Crippen molar-refractivity contribution in [2.24, 2.45) is 0 Å². The van der Waals surface area contributed by atoms with Crippen molar-refractivity contribution in [1.82, 2.24) is 0 Å². The average molecular weight is 236 g/mol. The van der Waals surface area contributed by atoms with Gasteiger partial charge in [-0.2, -0.15) is 0 Å². The van der Waals surface area contributed by atoms with Gasteiger partial charge in [-0.15, -0.1) is 41.8 Å². The van der Waals surface area contributed by atoms with Crippen LogP contribution in [0.2, 0.25) is 0 Å². The molecule has 0 aliphatic rings. The number of rotatable bonds is 3. The molecule has 1 nitrogen and oxygen atoms in total. The summed E-state index contributed by atoms with van der Waals surface area (Å²) < 4.78 is 5.11. The molecule has 0 amide bonds. The Morgan fingerprint density at radius 3 is 1.94 bits per heavy atom. The van der Waals surface area contributed by atoms with E-state index in [1.54, 1.807) is 7.11 Å². The molecule has 0 saturated heterocycles. The Morgan fingerprint density at radius 1 is 0.812 bits per heavy atom. The van der Waals surface area contributed by atoms with Crippen LogP contribution in [0.1, 0.15) is 11.1 Å². The van der Waals surface area contributed by atoms with Gasteiger partial charge in [-0.25, -0.2) is 0 Å². The minimum atomic E-state index is 0. The molecule has 0 fully saturated rings. The molecule has 2 heteroatoms. The quantitative estimate of drug-likeness (QED) is 0.550. The molecule has 0 atom stereocenters. The Hall–Kier alpha value is -0.254. The molecule has 0 N–H and O–H groups in total. The van der Waals surface area contributed by atoms with Gasteiger partial charge in [0, 0.05) is 0 Å². The Bertz CT molecular complexity index is 409. The first-order valence-electron chi connectivity index (χ1n) is 4.92. The minimum absolute atomic E-state index is 0. The van der Waals surface area contributed by atoms with E-state index in [-0.39, 0.29) is 51.4 Å². The van der Waals surface area contributed by atoms with Crippen LogP contribution in [-0.2, 0) is 0 Å². The van der Waals surface area contributed by atoms with Gasteiger partial charge in [0.1, 0.15) is 5.75 Å². The van der Waals surface area contributed by atoms with Gasteiger partial charge in [0.05, 0.1) is 7.11 Å². The van der Waals surface area contributed by atoms with E-state index in [1.165, 1.54) is 11.1 Å². The number of benzene rings is 2. The topological polar surface area (TPSA) is 9.23 Å². The number of methoxy groups -OCH3 is 1. The molecule has 2 aromatic rings. The molecule has 0 radical (unpaired) electrons. The Balaban J connectivity index is 0.00000128. The van der Waals surface area contributed by atoms with Crippen molar-refractivity contribution in [3.8, 4) is 5.75 Å². The van der Waals surface area contributed by atoms with Crippen molar-refractivity contribution < 1.29 is 56.1 Å². The summed E-state index contributed by atoms with van der Waals surface area (Å²) in [7, 11) is 1.68. The second-order valence-corrected chi connectivity index (χ2v) is 3.33. The van der Waals surface area contributed by atoms with Crippen LogP contribution in [0.15, 0.2) is 54.6 Å². The third-order valence-electron chi connectivity index (χ3n) is 2.25. The molecular weight excluding hydrogens is 223 g/mol. The van der Waals surface area contributed by atoms with E-state index in [0.29, 0.717) is 0 Å². The van der Waals surface area contributed by atoms with Crippen LogP contribution in [0.3, 0.4) is 0 Å². The van der Waals surface area contributed by atoms with Gasteiger partial charge in [-0.1, -0.05) is 30.3 Å². The number of ether oxygens (including phenoxy) is 1. The van der Waals surface area contributed by atoms with Crippen LogP contribution < -0.4 is 56.1 Å². The van der Waals surface area contributed by atoms with E-state index in [0.717, 1.165) is 5.75 Å². The summed E-state index contributed by atoms with van der Waals surface area (Å²) in [5.74, 6) is 0.889. The number of hydrogen-bond acceptors (Lipinski definition) is 1. The molecule has 2 rings (SSSR count). The second-order valence-electron chi connectivity index (χ2n) is 3.33. The first-order chi connectivity index (χ1) is 7.38. The maximum absolute atomic E-state index is 5.11. The van der Waals surface area contributed by atoms with E-state index < -0.39 is 0 Å². The molecule has 0 aromatic heterocycles. The number of hydrogen-bond donors (Lipinski definition) is 0. The normalized spacial score (nSPS) is 9.06. The van der Waals surface area contributed by atoms with Gasteiger partial charge in [-0.05, 0) is 0 Å². The van der Waals surface area contributed by atoms with Crippen LogP contribution in [0.5, 0.6) is 5.75 Å². The Kier molecular flexibility index (Phi) is 6.17. The summed E-state index contributed by atoms with van der Waals surface area (Å²) >= 11 is 0. The van der Waals surface area contributed by atoms with Crippen LogP contribution in [-0.4, -0.2) is 7.11 Å². The van der Waals surface area contributed by atoms with Crippen molar-refractivity contribution in [3.63, 3.8) is 0 Å². The third-order valence-corrected chi connectivity index (χ3v) is 2.25. The first kappa shape index (κ1) is 13.8. The largest absolute Gasteiger partial charge is 1.00 e. The van der Waals surface area contributed by atoms with E-state index in [1.807, 2.05) is 42.5 Å². The van der Waals surface area contributed by atoms with Crippen molar-refractivity contribution in [3.05, 3.63) is 72.1 Å². The molecule has 0 saturated carbocycles. The molecule has 0 aliphatic heterocycles. The van der Waals surface area contributed by atoms with E-state index in [4.69, 9.17) is 4.74 Å². The third kappa shape index (κ3) is 3.96. The summed E-state index contributed by atoms with van der Waals surface area (Å²) in [6, 6.07) is 18.3. The molecule has 2 aromatic carbocycles. The van der Waals surface area contributed by atoms with Crippen molar-refractivity contribution in [1.29, 1.82) is 0 Å². The molecule has 0 bridgehead atoms. The molecule has 0 aliphatic carbocycles. The van der Waals surface area contributed by atoms with Gasteiger partial charge in [0.25, 0.3) is 0 Å². The van der Waals surface area contributed by atoms with Crippen molar-refractivity contribution in [2.45, 2.75) is 0 Å². The smallest absolute Gasteiger partial charge is 0.498 e. The van der Waals surface area contributed by atoms with Gasteiger partial charge < -0.3 is 4.74 Å². The predicted molar refractivity (Wildman–Crippen MR) is 61.9 cm³/mol. The zero-order chi connectivity index (χ0) is 10.5. The molecular formula is C14H13KO. The summed E-state index contributed by atoms with van der Waals surface area (Å²) in [4.78, 5) is 0. The van der Waals surface area contributed by atoms with Crippen molar-refractivity contribution in [2.75, 3.05) is 7.11 Å². The fraction of sp³-hybridized carbons (Fsp3) is 0.0714. The van der Waals surface area contributed by atoms with E-state index in [2.05, 4.69) is 18.6 Å². The average Bonchev–Trinajstić information content (AvgIpc) is 2.31. The van der Waals surface area contributed by atoms with Crippen LogP contribution in [0.25, 0.3) is 0 Å². The van der Waals surface area contributed by atoms with Crippen LogP contribution >= 0.6 is 0 Å². The monoisotopic (exact) mass is 236 g/mol. The minimum Gasteiger partial charge on any atom is -0.498 e. The van der Waals surface area contributed by atoms with Crippen molar-refractivity contribution >= 4 is 0 Å². The zero-order valence-electron chi connectivity index (χ0n) is 9.68. The SMILES string of the molecule is COc1ccc([CH-]c2ccccc2)cc1.[K+]. The predicted octanol–water partition coefficient (Wildman–Crippen LogP) is 0.300.